The van der Waals surface area contributed by atoms with Crippen LogP contribution in [0.2, 0.25) is 0 Å². The Hall–Kier alpha value is -3.42. The number of carbonyl (C=O) groups excluding carboxylic acids is 1. The molecule has 0 heterocycles. The number of aliphatic imine (C=N–C) groups is 1. The second-order valence-electron chi connectivity index (χ2n) is 6.19. The van der Waals surface area contributed by atoms with E-state index in [-0.39, 0.29) is 17.2 Å². The molecule has 0 amide bonds. The van der Waals surface area contributed by atoms with Crippen molar-refractivity contribution in [2.75, 3.05) is 14.2 Å². The molecule has 1 atom stereocenters. The number of rotatable bonds is 10. The molecule has 0 aliphatic carbocycles. The van der Waals surface area contributed by atoms with E-state index in [0.29, 0.717) is 17.7 Å². The number of benzene rings is 2. The maximum Gasteiger partial charge on any atom is 0.347 e. The van der Waals surface area contributed by atoms with E-state index in [9.17, 15) is 14.9 Å². The topological polar surface area (TPSA) is 100 Å². The Balaban J connectivity index is 2.50. The molecule has 0 saturated heterocycles. The fourth-order valence-electron chi connectivity index (χ4n) is 2.63. The summed E-state index contributed by atoms with van der Waals surface area (Å²) in [7, 11) is 2.67. The van der Waals surface area contributed by atoms with Crippen LogP contribution in [0.15, 0.2) is 47.5 Å². The van der Waals surface area contributed by atoms with Crippen LogP contribution in [-0.4, -0.2) is 37.4 Å². The molecule has 8 nitrogen and oxygen atoms in total. The van der Waals surface area contributed by atoms with Gasteiger partial charge in [-0.3, -0.25) is 15.1 Å². The molecular weight excluding hydrogens is 376 g/mol. The van der Waals surface area contributed by atoms with Crippen LogP contribution < -0.4 is 9.47 Å². The summed E-state index contributed by atoms with van der Waals surface area (Å²) >= 11 is 0. The fourth-order valence-corrected chi connectivity index (χ4v) is 2.63. The lowest BCUT2D eigenvalue weighted by Gasteiger charge is -2.20. The van der Waals surface area contributed by atoms with E-state index in [1.807, 2.05) is 25.1 Å². The van der Waals surface area contributed by atoms with Crippen molar-refractivity contribution in [3.8, 4) is 11.5 Å². The molecule has 29 heavy (non-hydrogen) atoms. The molecule has 0 N–H and O–H groups in total. The van der Waals surface area contributed by atoms with E-state index in [2.05, 4.69) is 4.99 Å². The highest BCUT2D eigenvalue weighted by Crippen LogP contribution is 2.36. The Morgan fingerprint density at radius 3 is 2.55 bits per heavy atom. The number of carbonyl (C=O) groups is 1. The summed E-state index contributed by atoms with van der Waals surface area (Å²) in [5.41, 5.74) is 0.816. The number of hydrogen-bond donors (Lipinski definition) is 0. The minimum absolute atomic E-state index is 0.138. The lowest BCUT2D eigenvalue weighted by Crippen LogP contribution is -2.29. The minimum Gasteiger partial charge on any atom is -0.493 e. The Kier molecular flexibility index (Phi) is 8.14. The summed E-state index contributed by atoms with van der Waals surface area (Å²) in [5.74, 6) is -0.187. The first kappa shape index (κ1) is 21.9. The predicted octanol–water partition coefficient (Wildman–Crippen LogP) is 4.46. The van der Waals surface area contributed by atoms with Crippen LogP contribution in [0.25, 0.3) is 0 Å². The van der Waals surface area contributed by atoms with E-state index in [4.69, 9.17) is 14.2 Å². The predicted molar refractivity (Wildman–Crippen MR) is 109 cm³/mol. The van der Waals surface area contributed by atoms with Crippen molar-refractivity contribution in [2.45, 2.75) is 32.3 Å². The van der Waals surface area contributed by atoms with Crippen molar-refractivity contribution in [1.29, 1.82) is 0 Å². The average Bonchev–Trinajstić information content (AvgIpc) is 2.75. The number of ether oxygens (including phenoxy) is 3. The van der Waals surface area contributed by atoms with E-state index in [0.717, 1.165) is 12.8 Å². The summed E-state index contributed by atoms with van der Waals surface area (Å²) in [6.07, 6.45) is 2.66. The molecule has 154 valence electrons. The lowest BCUT2D eigenvalue weighted by atomic mass is 10.1. The Morgan fingerprint density at radius 2 is 1.97 bits per heavy atom. The van der Waals surface area contributed by atoms with Gasteiger partial charge in [0.1, 0.15) is 0 Å². The number of nitro benzene ring substituents is 1. The van der Waals surface area contributed by atoms with Crippen LogP contribution in [-0.2, 0) is 9.53 Å². The third-order valence-electron chi connectivity index (χ3n) is 4.15. The maximum absolute atomic E-state index is 12.2. The SMILES string of the molecule is CCCCC(Oc1c(C=Nc2ccccc2)cc([N+](=O)[O-])cc1OC)C(=O)OC. The van der Waals surface area contributed by atoms with Gasteiger partial charge in [0.2, 0.25) is 0 Å². The van der Waals surface area contributed by atoms with Gasteiger partial charge in [-0.2, -0.15) is 0 Å². The van der Waals surface area contributed by atoms with Crippen molar-refractivity contribution in [2.24, 2.45) is 4.99 Å². The molecule has 2 aromatic rings. The first-order valence-corrected chi connectivity index (χ1v) is 9.20. The van der Waals surface area contributed by atoms with Gasteiger partial charge in [-0.05, 0) is 25.0 Å². The van der Waals surface area contributed by atoms with Crippen LogP contribution in [0.3, 0.4) is 0 Å². The van der Waals surface area contributed by atoms with Gasteiger partial charge < -0.3 is 14.2 Å². The highest BCUT2D eigenvalue weighted by atomic mass is 16.6. The molecule has 2 rings (SSSR count). The quantitative estimate of drug-likeness (QED) is 0.252. The zero-order valence-corrected chi connectivity index (χ0v) is 16.7. The third-order valence-corrected chi connectivity index (χ3v) is 4.15. The maximum atomic E-state index is 12.2. The standard InChI is InChI=1S/C21H24N2O6/c1-4-5-11-18(21(24)28-3)29-20-15(14-22-16-9-7-6-8-10-16)12-17(23(25)26)13-19(20)27-2/h6-10,12-14,18H,4-5,11H2,1-3H3. The van der Waals surface area contributed by atoms with Gasteiger partial charge in [-0.1, -0.05) is 31.5 Å². The molecule has 0 spiro atoms. The largest absolute Gasteiger partial charge is 0.493 e. The van der Waals surface area contributed by atoms with Crippen LogP contribution in [0.1, 0.15) is 31.7 Å². The molecule has 0 radical (unpaired) electrons. The molecule has 0 aromatic heterocycles. The summed E-state index contributed by atoms with van der Waals surface area (Å²) < 4.78 is 16.1. The van der Waals surface area contributed by atoms with E-state index >= 15 is 0 Å². The third kappa shape index (κ3) is 6.03. The number of nitrogens with zero attached hydrogens (tertiary/aromatic N) is 2. The molecule has 2 aromatic carbocycles. The fraction of sp³-hybridized carbons (Fsp3) is 0.333. The van der Waals surface area contributed by atoms with Gasteiger partial charge in [0, 0.05) is 17.8 Å². The van der Waals surface area contributed by atoms with E-state index in [1.54, 1.807) is 12.1 Å². The molecule has 1 unspecified atom stereocenters. The highest BCUT2D eigenvalue weighted by molar-refractivity contribution is 5.88. The lowest BCUT2D eigenvalue weighted by molar-refractivity contribution is -0.385. The Morgan fingerprint density at radius 1 is 1.24 bits per heavy atom. The molecule has 0 aliphatic rings. The highest BCUT2D eigenvalue weighted by Gasteiger charge is 2.25. The number of para-hydroxylation sites is 1. The molecule has 0 bridgehead atoms. The molecular formula is C21H24N2O6. The van der Waals surface area contributed by atoms with Gasteiger partial charge in [0.05, 0.1) is 30.9 Å². The van der Waals surface area contributed by atoms with Crippen molar-refractivity contribution < 1.29 is 23.9 Å². The number of hydrogen-bond acceptors (Lipinski definition) is 7. The summed E-state index contributed by atoms with van der Waals surface area (Å²) in [4.78, 5) is 27.3. The second kappa shape index (κ2) is 10.8. The monoisotopic (exact) mass is 400 g/mol. The van der Waals surface area contributed by atoms with Crippen LogP contribution >= 0.6 is 0 Å². The van der Waals surface area contributed by atoms with Gasteiger partial charge in [-0.25, -0.2) is 4.79 Å². The molecule has 8 heteroatoms. The van der Waals surface area contributed by atoms with Crippen molar-refractivity contribution in [3.63, 3.8) is 0 Å². The van der Waals surface area contributed by atoms with Gasteiger partial charge in [0.15, 0.2) is 17.6 Å². The van der Waals surface area contributed by atoms with Crippen molar-refractivity contribution >= 4 is 23.6 Å². The number of non-ortho nitro benzene ring substituents is 1. The van der Waals surface area contributed by atoms with Crippen LogP contribution in [0, 0.1) is 10.1 Å². The minimum atomic E-state index is -0.862. The van der Waals surface area contributed by atoms with E-state index in [1.165, 1.54) is 32.6 Å². The average molecular weight is 400 g/mol. The van der Waals surface area contributed by atoms with Gasteiger partial charge >= 0.3 is 5.97 Å². The number of esters is 1. The summed E-state index contributed by atoms with van der Waals surface area (Å²) in [6.45, 7) is 2.00. The first-order valence-electron chi connectivity index (χ1n) is 9.20. The van der Waals surface area contributed by atoms with Gasteiger partial charge in [-0.15, -0.1) is 0 Å². The van der Waals surface area contributed by atoms with Crippen LogP contribution in [0.4, 0.5) is 11.4 Å². The molecule has 0 aliphatic heterocycles. The number of nitro groups is 1. The zero-order chi connectivity index (χ0) is 21.2. The Labute approximate surface area is 169 Å². The molecule has 0 saturated carbocycles. The van der Waals surface area contributed by atoms with Crippen molar-refractivity contribution in [3.05, 3.63) is 58.1 Å². The summed E-state index contributed by atoms with van der Waals surface area (Å²) in [6, 6.07) is 11.7. The number of methoxy groups -OCH3 is 2. The number of unbranched alkanes of at least 4 members (excludes halogenated alkanes) is 1. The van der Waals surface area contributed by atoms with Gasteiger partial charge in [0.25, 0.3) is 5.69 Å². The van der Waals surface area contributed by atoms with E-state index < -0.39 is 17.0 Å². The first-order chi connectivity index (χ1) is 14.0. The summed E-state index contributed by atoms with van der Waals surface area (Å²) in [5, 5.41) is 11.3. The zero-order valence-electron chi connectivity index (χ0n) is 16.7. The molecule has 0 fully saturated rings. The Bertz CT molecular complexity index is 867. The van der Waals surface area contributed by atoms with Crippen LogP contribution in [0.5, 0.6) is 11.5 Å². The normalized spacial score (nSPS) is 11.8. The second-order valence-corrected chi connectivity index (χ2v) is 6.19. The smallest absolute Gasteiger partial charge is 0.347 e. The van der Waals surface area contributed by atoms with Crippen molar-refractivity contribution in [1.82, 2.24) is 0 Å².